The molecule has 0 aromatic heterocycles. The first-order valence-electron chi connectivity index (χ1n) is 13.9. The summed E-state index contributed by atoms with van der Waals surface area (Å²) in [7, 11) is 1.60. The van der Waals surface area contributed by atoms with Crippen molar-refractivity contribution in [1.29, 1.82) is 0 Å². The third-order valence-electron chi connectivity index (χ3n) is 7.50. The van der Waals surface area contributed by atoms with E-state index in [0.717, 1.165) is 0 Å². The fraction of sp³-hybridized carbons (Fsp3) is 0.241. The fourth-order valence-corrected chi connectivity index (χ4v) is 5.07. The summed E-state index contributed by atoms with van der Waals surface area (Å²) in [5, 5.41) is 47.3. The Balaban J connectivity index is 0.000000223. The van der Waals surface area contributed by atoms with Gasteiger partial charge in [0.2, 0.25) is 0 Å². The van der Waals surface area contributed by atoms with Gasteiger partial charge in [0.05, 0.1) is 46.3 Å². The molecule has 20 heteroatoms. The summed E-state index contributed by atoms with van der Waals surface area (Å²) >= 11 is 0. The van der Waals surface area contributed by atoms with Crippen molar-refractivity contribution in [3.63, 3.8) is 0 Å². The van der Waals surface area contributed by atoms with Gasteiger partial charge in [-0.15, -0.1) is 0 Å². The number of carbonyl (C=O) groups is 2. The van der Waals surface area contributed by atoms with Crippen LogP contribution in [0.2, 0.25) is 0 Å². The molecule has 2 atom stereocenters. The highest BCUT2D eigenvalue weighted by molar-refractivity contribution is 5.95. The van der Waals surface area contributed by atoms with Gasteiger partial charge in [0.25, 0.3) is 11.1 Å². The Bertz CT molecular complexity index is 2450. The van der Waals surface area contributed by atoms with Crippen molar-refractivity contribution in [3.8, 4) is 23.0 Å². The number of rotatable bonds is 6. The molecule has 0 bridgehead atoms. The summed E-state index contributed by atoms with van der Waals surface area (Å²) < 4.78 is 2.71. The first kappa shape index (κ1) is 35.6. The predicted molar refractivity (Wildman–Crippen MR) is 167 cm³/mol. The summed E-state index contributed by atoms with van der Waals surface area (Å²) in [5.41, 5.74) is -0.896. The summed E-state index contributed by atoms with van der Waals surface area (Å²) in [4.78, 5) is 89.3. The smallest absolute Gasteiger partial charge is 0.349 e. The molecule has 4 aliphatic rings. The number of aliphatic hydroxyl groups excluding tert-OH is 3. The summed E-state index contributed by atoms with van der Waals surface area (Å²) in [6.45, 7) is 2.13. The number of benzene rings is 2. The maximum absolute atomic E-state index is 12.1. The first-order valence-corrected chi connectivity index (χ1v) is 13.9. The maximum Gasteiger partial charge on any atom is 0.349 e. The largest absolute Gasteiger partial charge is 0.870 e. The number of nitrogens with one attached hydrogen (secondary N) is 2. The maximum atomic E-state index is 12.1. The van der Waals surface area contributed by atoms with Gasteiger partial charge in [0, 0.05) is 7.05 Å². The van der Waals surface area contributed by atoms with Gasteiger partial charge in [-0.3, -0.25) is 19.6 Å². The summed E-state index contributed by atoms with van der Waals surface area (Å²) in [5.74, 6) is -2.32. The number of aryl methyl sites for hydroxylation is 3. The van der Waals surface area contributed by atoms with E-state index < -0.39 is 53.3 Å². The average molecular weight is 680 g/mol. The van der Waals surface area contributed by atoms with Crippen LogP contribution in [0.5, 0.6) is 0 Å². The molecule has 49 heavy (non-hydrogen) atoms. The van der Waals surface area contributed by atoms with E-state index in [0.29, 0.717) is 22.2 Å². The van der Waals surface area contributed by atoms with Gasteiger partial charge >= 0.3 is 23.3 Å². The van der Waals surface area contributed by atoms with E-state index in [1.807, 2.05) is 4.98 Å². The van der Waals surface area contributed by atoms with E-state index in [2.05, 4.69) is 24.9 Å². The Kier molecular flexibility index (Phi) is 9.81. The third-order valence-corrected chi connectivity index (χ3v) is 7.50. The lowest BCUT2D eigenvalue weighted by atomic mass is 10.1. The molecule has 0 radical (unpaired) electrons. The predicted octanol–water partition coefficient (Wildman–Crippen LogP) is -1.74. The standard InChI is InChI=1S/C16H16N4O7.C13H10N4O4.H2O/c1-6-2-8-9(3-7(6)15(25)26)20(4-10(22)11(23)5-21)13-12(17-8)14(24)19-16(27)18-13;1-5-3-7-8(4-6(5)12(19)20)17(2)10-9(14-7)11(18)16-13(21)15-10;/h2-3,10-11,21-23H,4-5H2,1H3,(H,25,26)(H,19,24,27);3-4H,1-2H3,(H,19,20)(H,16,18,21);1H2/p-1. The zero-order chi connectivity index (χ0) is 35.2. The fourth-order valence-electron chi connectivity index (χ4n) is 5.07. The van der Waals surface area contributed by atoms with Crippen molar-refractivity contribution in [2.75, 3.05) is 6.61 Å². The number of hydrogen-bond donors (Lipinski definition) is 7. The normalized spacial score (nSPS) is 12.4. The molecule has 0 amide bonds. The first-order chi connectivity index (χ1) is 22.6. The van der Waals surface area contributed by atoms with Crippen LogP contribution in [0.15, 0.2) is 43.4 Å². The molecule has 0 aliphatic carbocycles. The Morgan fingerprint density at radius 1 is 0.735 bits per heavy atom. The zero-order valence-electron chi connectivity index (χ0n) is 25.7. The monoisotopic (exact) mass is 679 g/mol. The highest BCUT2D eigenvalue weighted by Gasteiger charge is 2.25. The summed E-state index contributed by atoms with van der Waals surface area (Å²) in [6, 6.07) is 5.77. The molecule has 0 saturated carbocycles. The van der Waals surface area contributed by atoms with E-state index in [-0.39, 0.29) is 57.2 Å². The highest BCUT2D eigenvalue weighted by Crippen LogP contribution is 2.25. The van der Waals surface area contributed by atoms with Crippen LogP contribution in [0.3, 0.4) is 0 Å². The second-order valence-corrected chi connectivity index (χ2v) is 10.7. The number of carboxylic acids is 2. The molecule has 8 N–H and O–H groups in total. The molecule has 0 saturated heterocycles. The quantitative estimate of drug-likeness (QED) is 0.0960. The molecule has 4 aliphatic heterocycles. The van der Waals surface area contributed by atoms with E-state index in [9.17, 15) is 44.1 Å². The molecule has 6 rings (SSSR count). The van der Waals surface area contributed by atoms with Crippen molar-refractivity contribution in [1.82, 2.24) is 39.0 Å². The minimum absolute atomic E-state index is 0. The molecular formula is C29H27N8O12-. The van der Waals surface area contributed by atoms with Crippen LogP contribution in [-0.2, 0) is 13.6 Å². The minimum atomic E-state index is -1.49. The third kappa shape index (κ3) is 6.64. The van der Waals surface area contributed by atoms with Crippen LogP contribution >= 0.6 is 0 Å². The Morgan fingerprint density at radius 2 is 1.18 bits per heavy atom. The van der Waals surface area contributed by atoms with Crippen LogP contribution in [0.4, 0.5) is 0 Å². The van der Waals surface area contributed by atoms with Crippen LogP contribution in [0, 0.1) is 13.8 Å². The van der Waals surface area contributed by atoms with E-state index in [4.69, 9.17) is 10.2 Å². The number of fused-ring (bicyclic) bond motifs is 4. The highest BCUT2D eigenvalue weighted by atomic mass is 16.4. The van der Waals surface area contributed by atoms with Gasteiger partial charge in [-0.1, -0.05) is 0 Å². The molecule has 4 heterocycles. The number of hydrogen-bond acceptors (Lipinski definition) is 14. The van der Waals surface area contributed by atoms with E-state index in [1.165, 1.54) is 27.3 Å². The Hall–Kier alpha value is -6.22. The topological polar surface area (TPSA) is 327 Å². The van der Waals surface area contributed by atoms with Crippen LogP contribution in [0.25, 0.3) is 45.1 Å². The lowest BCUT2D eigenvalue weighted by Gasteiger charge is -2.22. The number of aromatic carboxylic acids is 2. The Morgan fingerprint density at radius 3 is 1.67 bits per heavy atom. The number of H-pyrrole nitrogens is 2. The number of carboxylic acid groups (broad SMARTS) is 2. The molecule has 2 aromatic carbocycles. The van der Waals surface area contributed by atoms with Gasteiger partial charge in [-0.2, -0.15) is 9.97 Å². The molecule has 20 nitrogen and oxygen atoms in total. The van der Waals surface area contributed by atoms with Gasteiger partial charge < -0.3 is 40.1 Å². The number of aromatic nitrogens is 8. The van der Waals surface area contributed by atoms with Crippen LogP contribution in [0.1, 0.15) is 31.8 Å². The molecule has 2 aromatic rings. The minimum Gasteiger partial charge on any atom is -0.870 e. The molecule has 0 fully saturated rings. The van der Waals surface area contributed by atoms with E-state index >= 15 is 0 Å². The van der Waals surface area contributed by atoms with Gasteiger partial charge in [0.1, 0.15) is 12.2 Å². The lowest BCUT2D eigenvalue weighted by molar-refractivity contribution is -0.0209. The Labute approximate surface area is 271 Å². The van der Waals surface area contributed by atoms with Crippen molar-refractivity contribution in [2.24, 2.45) is 7.05 Å². The number of nitrogens with zero attached hydrogens (tertiary/aromatic N) is 6. The molecule has 2 unspecified atom stereocenters. The van der Waals surface area contributed by atoms with Crippen molar-refractivity contribution in [3.05, 3.63) is 88.2 Å². The zero-order valence-corrected chi connectivity index (χ0v) is 25.7. The van der Waals surface area contributed by atoms with Gasteiger partial charge in [-0.05, 0) is 49.2 Å². The molecule has 256 valence electrons. The second-order valence-electron chi connectivity index (χ2n) is 10.7. The molecular weight excluding hydrogens is 652 g/mol. The van der Waals surface area contributed by atoms with Crippen LogP contribution < -0.4 is 22.5 Å². The number of aliphatic hydroxyl groups is 3. The average Bonchev–Trinajstić information content (AvgIpc) is 3.01. The van der Waals surface area contributed by atoms with Gasteiger partial charge in [-0.25, -0.2) is 29.1 Å². The number of aromatic amines is 2. The van der Waals surface area contributed by atoms with Crippen molar-refractivity contribution < 1.29 is 40.6 Å². The van der Waals surface area contributed by atoms with Gasteiger partial charge in [0.15, 0.2) is 23.0 Å². The van der Waals surface area contributed by atoms with Crippen molar-refractivity contribution in [2.45, 2.75) is 32.6 Å². The van der Waals surface area contributed by atoms with E-state index in [1.54, 1.807) is 27.0 Å². The summed E-state index contributed by atoms with van der Waals surface area (Å²) in [6.07, 6.45) is -2.96. The SMILES string of the molecule is Cc1cc2nc3c(=O)[nH]c(=O)nc-3n(C)c2cc1C(=O)O.Cc1cc2nc3c(=O)[nH]c(=O)nc-3n(CC(O)C(O)CO)c2cc1C(=O)O.[OH-]. The molecule has 0 spiro atoms. The van der Waals surface area contributed by atoms with Crippen molar-refractivity contribution >= 4 is 34.0 Å². The lowest BCUT2D eigenvalue weighted by Crippen LogP contribution is -2.35. The second kappa shape index (κ2) is 13.5. The van der Waals surface area contributed by atoms with Crippen LogP contribution in [-0.4, -0.2) is 101 Å².